The first-order valence-corrected chi connectivity index (χ1v) is 8.18. The van der Waals surface area contributed by atoms with E-state index in [1.165, 1.54) is 0 Å². The molecule has 4 nitrogen and oxygen atoms in total. The molecule has 0 fully saturated rings. The molecule has 1 unspecified atom stereocenters. The lowest BCUT2D eigenvalue weighted by Crippen LogP contribution is -2.24. The van der Waals surface area contributed by atoms with E-state index in [1.807, 2.05) is 68.4 Å². The van der Waals surface area contributed by atoms with Crippen molar-refractivity contribution in [2.24, 2.45) is 0 Å². The number of carbonyl (C=O) groups excluding carboxylic acids is 2. The van der Waals surface area contributed by atoms with Crippen molar-refractivity contribution in [3.63, 3.8) is 0 Å². The van der Waals surface area contributed by atoms with E-state index in [0.717, 1.165) is 17.5 Å². The van der Waals surface area contributed by atoms with Crippen molar-refractivity contribution in [1.29, 1.82) is 0 Å². The number of ether oxygens (including phenoxy) is 1. The highest BCUT2D eigenvalue weighted by molar-refractivity contribution is 5.93. The highest BCUT2D eigenvalue weighted by Crippen LogP contribution is 2.22. The first kappa shape index (κ1) is 17.7. The van der Waals surface area contributed by atoms with E-state index in [-0.39, 0.29) is 24.4 Å². The van der Waals surface area contributed by atoms with Crippen molar-refractivity contribution in [1.82, 2.24) is 0 Å². The molecule has 0 radical (unpaired) electrons. The van der Waals surface area contributed by atoms with Gasteiger partial charge in [-0.3, -0.25) is 9.59 Å². The molecule has 1 N–H and O–H groups in total. The van der Waals surface area contributed by atoms with Crippen molar-refractivity contribution in [3.05, 3.63) is 65.7 Å². The largest absolute Gasteiger partial charge is 0.455 e. The molecule has 0 aliphatic carbocycles. The number of anilines is 1. The van der Waals surface area contributed by atoms with Crippen LogP contribution in [0.2, 0.25) is 0 Å². The molecule has 126 valence electrons. The molecule has 2 aromatic carbocycles. The molecular formula is C20H23NO3. The number of hydrogen-bond donors (Lipinski definition) is 1. The normalized spacial score (nSPS) is 11.6. The van der Waals surface area contributed by atoms with E-state index in [2.05, 4.69) is 5.32 Å². The molecule has 0 saturated carbocycles. The molecule has 1 amide bonds. The smallest absolute Gasteiger partial charge is 0.313 e. The fraction of sp³-hybridized carbons (Fsp3) is 0.300. The van der Waals surface area contributed by atoms with Crippen LogP contribution in [0.5, 0.6) is 0 Å². The highest BCUT2D eigenvalue weighted by atomic mass is 16.5. The van der Waals surface area contributed by atoms with Crippen LogP contribution >= 0.6 is 0 Å². The van der Waals surface area contributed by atoms with Crippen LogP contribution < -0.4 is 5.32 Å². The molecule has 2 aromatic rings. The van der Waals surface area contributed by atoms with E-state index in [9.17, 15) is 9.59 Å². The zero-order valence-corrected chi connectivity index (χ0v) is 14.1. The fourth-order valence-corrected chi connectivity index (χ4v) is 2.47. The summed E-state index contributed by atoms with van der Waals surface area (Å²) in [6, 6.07) is 17.0. The van der Waals surface area contributed by atoms with Crippen molar-refractivity contribution >= 4 is 17.6 Å². The number of aryl methyl sites for hydroxylation is 1. The third kappa shape index (κ3) is 5.23. The number of carbonyl (C=O) groups is 2. The van der Waals surface area contributed by atoms with Crippen LogP contribution in [0.1, 0.15) is 36.8 Å². The Kier molecular flexibility index (Phi) is 6.55. The lowest BCUT2D eigenvalue weighted by atomic mass is 9.95. The molecular weight excluding hydrogens is 302 g/mol. The summed E-state index contributed by atoms with van der Waals surface area (Å²) in [5.41, 5.74) is 2.72. The number of hydrogen-bond acceptors (Lipinski definition) is 3. The summed E-state index contributed by atoms with van der Waals surface area (Å²) < 4.78 is 5.22. The number of benzene rings is 2. The van der Waals surface area contributed by atoms with E-state index < -0.39 is 0 Å². The van der Waals surface area contributed by atoms with Crippen LogP contribution in [0.4, 0.5) is 5.69 Å². The Bertz CT molecular complexity index is 665. The molecule has 0 aliphatic heterocycles. The van der Waals surface area contributed by atoms with Gasteiger partial charge in [0.05, 0.1) is 5.92 Å². The predicted molar refractivity (Wildman–Crippen MR) is 94.9 cm³/mol. The third-order valence-corrected chi connectivity index (χ3v) is 3.74. The average molecular weight is 325 g/mol. The Labute approximate surface area is 142 Å². The van der Waals surface area contributed by atoms with Crippen LogP contribution in [0.3, 0.4) is 0 Å². The maximum Gasteiger partial charge on any atom is 0.313 e. The van der Waals surface area contributed by atoms with Crippen LogP contribution in [-0.4, -0.2) is 18.5 Å². The van der Waals surface area contributed by atoms with Gasteiger partial charge in [-0.1, -0.05) is 61.4 Å². The number of rotatable bonds is 7. The first-order chi connectivity index (χ1) is 11.6. The minimum Gasteiger partial charge on any atom is -0.455 e. The van der Waals surface area contributed by atoms with Crippen molar-refractivity contribution in [3.8, 4) is 0 Å². The van der Waals surface area contributed by atoms with Gasteiger partial charge < -0.3 is 10.1 Å². The molecule has 4 heteroatoms. The van der Waals surface area contributed by atoms with Crippen LogP contribution in [-0.2, 0) is 14.3 Å². The number of esters is 1. The van der Waals surface area contributed by atoms with Gasteiger partial charge in [0.1, 0.15) is 0 Å². The maximum absolute atomic E-state index is 12.3. The minimum absolute atomic E-state index is 0.278. The second-order valence-electron chi connectivity index (χ2n) is 5.77. The second-order valence-corrected chi connectivity index (χ2v) is 5.77. The third-order valence-electron chi connectivity index (χ3n) is 3.74. The Morgan fingerprint density at radius 3 is 2.33 bits per heavy atom. The van der Waals surface area contributed by atoms with Gasteiger partial charge in [0.25, 0.3) is 5.91 Å². The summed E-state index contributed by atoms with van der Waals surface area (Å²) in [5.74, 6) is -1.03. The van der Waals surface area contributed by atoms with E-state index in [0.29, 0.717) is 12.1 Å². The molecule has 0 bridgehead atoms. The maximum atomic E-state index is 12.3. The van der Waals surface area contributed by atoms with Gasteiger partial charge in [-0.25, -0.2) is 0 Å². The Hall–Kier alpha value is -2.62. The van der Waals surface area contributed by atoms with Crippen molar-refractivity contribution in [2.75, 3.05) is 11.9 Å². The first-order valence-electron chi connectivity index (χ1n) is 8.18. The van der Waals surface area contributed by atoms with Gasteiger partial charge in [-0.05, 0) is 31.0 Å². The summed E-state index contributed by atoms with van der Waals surface area (Å²) >= 11 is 0. The second kappa shape index (κ2) is 8.87. The summed E-state index contributed by atoms with van der Waals surface area (Å²) in [7, 11) is 0. The molecule has 1 atom stereocenters. The Balaban J connectivity index is 1.90. The standard InChI is InChI=1S/C20H23NO3/c1-3-7-18(16-8-5-4-6-9-16)20(23)24-14-19(22)21-17-12-10-15(2)11-13-17/h4-6,8-13,18H,3,7,14H2,1-2H3,(H,21,22). The van der Waals surface area contributed by atoms with Gasteiger partial charge in [0.15, 0.2) is 6.61 Å². The Morgan fingerprint density at radius 1 is 1.04 bits per heavy atom. The van der Waals surface area contributed by atoms with Crippen LogP contribution in [0.25, 0.3) is 0 Å². The summed E-state index contributed by atoms with van der Waals surface area (Å²) in [6.07, 6.45) is 1.56. The molecule has 0 spiro atoms. The van der Waals surface area contributed by atoms with Crippen molar-refractivity contribution in [2.45, 2.75) is 32.6 Å². The highest BCUT2D eigenvalue weighted by Gasteiger charge is 2.21. The molecule has 24 heavy (non-hydrogen) atoms. The minimum atomic E-state index is -0.359. The topological polar surface area (TPSA) is 55.4 Å². The van der Waals surface area contributed by atoms with E-state index >= 15 is 0 Å². The molecule has 0 aromatic heterocycles. The lowest BCUT2D eigenvalue weighted by Gasteiger charge is -2.15. The monoisotopic (exact) mass is 325 g/mol. The van der Waals surface area contributed by atoms with Crippen molar-refractivity contribution < 1.29 is 14.3 Å². The molecule has 0 saturated heterocycles. The fourth-order valence-electron chi connectivity index (χ4n) is 2.47. The lowest BCUT2D eigenvalue weighted by molar-refractivity contribution is -0.149. The molecule has 0 heterocycles. The zero-order valence-electron chi connectivity index (χ0n) is 14.1. The van der Waals surface area contributed by atoms with E-state index in [1.54, 1.807) is 0 Å². The zero-order chi connectivity index (χ0) is 17.4. The van der Waals surface area contributed by atoms with Gasteiger partial charge >= 0.3 is 5.97 Å². The summed E-state index contributed by atoms with van der Waals surface area (Å²) in [5, 5.41) is 2.72. The average Bonchev–Trinajstić information content (AvgIpc) is 2.60. The molecule has 2 rings (SSSR count). The molecule has 0 aliphatic rings. The SMILES string of the molecule is CCCC(C(=O)OCC(=O)Nc1ccc(C)cc1)c1ccccc1. The quantitative estimate of drug-likeness (QED) is 0.781. The summed E-state index contributed by atoms with van der Waals surface area (Å²) in [4.78, 5) is 24.3. The van der Waals surface area contributed by atoms with Gasteiger partial charge in [0, 0.05) is 5.69 Å². The van der Waals surface area contributed by atoms with Gasteiger partial charge in [-0.2, -0.15) is 0 Å². The van der Waals surface area contributed by atoms with Gasteiger partial charge in [-0.15, -0.1) is 0 Å². The predicted octanol–water partition coefficient (Wildman–Crippen LogP) is 4.06. The number of nitrogens with one attached hydrogen (secondary N) is 1. The van der Waals surface area contributed by atoms with Gasteiger partial charge in [0.2, 0.25) is 0 Å². The Morgan fingerprint density at radius 2 is 1.71 bits per heavy atom. The van der Waals surface area contributed by atoms with Crippen LogP contribution in [0.15, 0.2) is 54.6 Å². The van der Waals surface area contributed by atoms with Crippen LogP contribution in [0, 0.1) is 6.92 Å². The van der Waals surface area contributed by atoms with E-state index in [4.69, 9.17) is 4.74 Å². The number of amides is 1. The summed E-state index contributed by atoms with van der Waals surface area (Å²) in [6.45, 7) is 3.72.